The van der Waals surface area contributed by atoms with Crippen LogP contribution >= 0.6 is 0 Å². The van der Waals surface area contributed by atoms with Crippen molar-refractivity contribution in [2.24, 2.45) is 0 Å². The molecule has 2 N–H and O–H groups in total. The summed E-state index contributed by atoms with van der Waals surface area (Å²) in [6, 6.07) is 15.8. The summed E-state index contributed by atoms with van der Waals surface area (Å²) in [5, 5.41) is 9.27. The van der Waals surface area contributed by atoms with E-state index in [2.05, 4.69) is 36.9 Å². The van der Waals surface area contributed by atoms with Crippen LogP contribution in [0.4, 0.5) is 17.1 Å². The van der Waals surface area contributed by atoms with Crippen LogP contribution in [0.5, 0.6) is 0 Å². The third-order valence-corrected chi connectivity index (χ3v) is 3.15. The van der Waals surface area contributed by atoms with Crippen LogP contribution in [0.15, 0.2) is 42.5 Å². The molecule has 3 nitrogen and oxygen atoms in total. The Morgan fingerprint density at radius 1 is 1.16 bits per heavy atom. The molecule has 0 saturated carbocycles. The van der Waals surface area contributed by atoms with E-state index >= 15 is 0 Å². The predicted octanol–water partition coefficient (Wildman–Crippen LogP) is 3.61. The first kappa shape index (κ1) is 13.0. The van der Waals surface area contributed by atoms with Gasteiger partial charge in [-0.15, -0.1) is 0 Å². The highest BCUT2D eigenvalue weighted by Gasteiger charge is 2.13. The summed E-state index contributed by atoms with van der Waals surface area (Å²) in [5.74, 6) is 0. The Bertz CT molecular complexity index is 626. The molecule has 0 amide bonds. The number of rotatable bonds is 3. The van der Waals surface area contributed by atoms with Crippen LogP contribution < -0.4 is 10.6 Å². The molecule has 0 radical (unpaired) electrons. The van der Waals surface area contributed by atoms with Crippen LogP contribution in [0.25, 0.3) is 0 Å². The maximum absolute atomic E-state index is 9.27. The van der Waals surface area contributed by atoms with Crippen molar-refractivity contribution in [2.75, 3.05) is 17.2 Å². The van der Waals surface area contributed by atoms with E-state index in [4.69, 9.17) is 5.73 Å². The van der Waals surface area contributed by atoms with Gasteiger partial charge in [0.15, 0.2) is 0 Å². The Balaban J connectivity index is 2.55. The number of nitrogen functional groups attached to an aromatic ring is 1. The van der Waals surface area contributed by atoms with Crippen molar-refractivity contribution < 1.29 is 0 Å². The van der Waals surface area contributed by atoms with Crippen LogP contribution in [-0.2, 0) is 0 Å². The zero-order valence-electron chi connectivity index (χ0n) is 11.2. The number of benzene rings is 2. The average Bonchev–Trinajstić information content (AvgIpc) is 2.43. The van der Waals surface area contributed by atoms with Gasteiger partial charge >= 0.3 is 0 Å². The molecule has 0 aromatic heterocycles. The van der Waals surface area contributed by atoms with E-state index in [1.54, 1.807) is 6.07 Å². The molecule has 2 rings (SSSR count). The zero-order valence-corrected chi connectivity index (χ0v) is 11.2. The fourth-order valence-electron chi connectivity index (χ4n) is 2.22. The van der Waals surface area contributed by atoms with E-state index in [9.17, 15) is 5.26 Å². The molecular formula is C16H17N3. The van der Waals surface area contributed by atoms with Gasteiger partial charge in [-0.2, -0.15) is 5.26 Å². The van der Waals surface area contributed by atoms with Gasteiger partial charge in [-0.3, -0.25) is 0 Å². The fraction of sp³-hybridized carbons (Fsp3) is 0.188. The smallest absolute Gasteiger partial charge is 0.101 e. The minimum Gasteiger partial charge on any atom is -0.399 e. The van der Waals surface area contributed by atoms with Crippen LogP contribution in [-0.4, -0.2) is 6.54 Å². The predicted molar refractivity (Wildman–Crippen MR) is 79.4 cm³/mol. The van der Waals surface area contributed by atoms with E-state index in [0.717, 1.165) is 17.9 Å². The van der Waals surface area contributed by atoms with Gasteiger partial charge in [0.05, 0.1) is 11.3 Å². The quantitative estimate of drug-likeness (QED) is 0.848. The van der Waals surface area contributed by atoms with Gasteiger partial charge in [0, 0.05) is 17.9 Å². The number of hydrogen-bond donors (Lipinski definition) is 1. The van der Waals surface area contributed by atoms with E-state index in [1.807, 2.05) is 24.3 Å². The molecule has 0 aliphatic carbocycles. The van der Waals surface area contributed by atoms with Gasteiger partial charge in [0.25, 0.3) is 0 Å². The standard InChI is InChI=1S/C16H17N3/c1-3-19(15-7-5-4-6-12(15)2)16-9-8-14(18)10-13(16)11-17/h4-10H,3,18H2,1-2H3. The van der Waals surface area contributed by atoms with Gasteiger partial charge in [0.2, 0.25) is 0 Å². The fourth-order valence-corrected chi connectivity index (χ4v) is 2.22. The number of para-hydroxylation sites is 1. The van der Waals surface area contributed by atoms with Crippen molar-refractivity contribution >= 4 is 17.1 Å². The van der Waals surface area contributed by atoms with Crippen molar-refractivity contribution in [1.82, 2.24) is 0 Å². The summed E-state index contributed by atoms with van der Waals surface area (Å²) in [5.41, 5.74) is 10.2. The zero-order chi connectivity index (χ0) is 13.8. The van der Waals surface area contributed by atoms with Crippen molar-refractivity contribution in [3.05, 3.63) is 53.6 Å². The minimum absolute atomic E-state index is 0.602. The molecule has 0 atom stereocenters. The molecule has 0 fully saturated rings. The number of nitrogens with two attached hydrogens (primary N) is 1. The van der Waals surface area contributed by atoms with Gasteiger partial charge < -0.3 is 10.6 Å². The maximum Gasteiger partial charge on any atom is 0.101 e. The highest BCUT2D eigenvalue weighted by Crippen LogP contribution is 2.31. The van der Waals surface area contributed by atoms with Crippen LogP contribution in [0.2, 0.25) is 0 Å². The third-order valence-electron chi connectivity index (χ3n) is 3.15. The van der Waals surface area contributed by atoms with E-state index in [-0.39, 0.29) is 0 Å². The van der Waals surface area contributed by atoms with Crippen LogP contribution in [0, 0.1) is 18.3 Å². The molecule has 0 bridgehead atoms. The lowest BCUT2D eigenvalue weighted by Gasteiger charge is -2.26. The van der Waals surface area contributed by atoms with Crippen molar-refractivity contribution in [2.45, 2.75) is 13.8 Å². The van der Waals surface area contributed by atoms with Crippen LogP contribution in [0.3, 0.4) is 0 Å². The van der Waals surface area contributed by atoms with Crippen molar-refractivity contribution in [3.63, 3.8) is 0 Å². The molecule has 0 unspecified atom stereocenters. The molecule has 0 heterocycles. The number of nitriles is 1. The summed E-state index contributed by atoms with van der Waals surface area (Å²) >= 11 is 0. The molecule has 0 aliphatic heterocycles. The molecule has 0 saturated heterocycles. The Kier molecular flexibility index (Phi) is 3.72. The van der Waals surface area contributed by atoms with Gasteiger partial charge in [0.1, 0.15) is 6.07 Å². The monoisotopic (exact) mass is 251 g/mol. The van der Waals surface area contributed by atoms with Gasteiger partial charge in [-0.25, -0.2) is 0 Å². The highest BCUT2D eigenvalue weighted by molar-refractivity contribution is 5.73. The number of nitrogens with zero attached hydrogens (tertiary/aromatic N) is 2. The molecule has 19 heavy (non-hydrogen) atoms. The lowest BCUT2D eigenvalue weighted by atomic mass is 10.1. The normalized spacial score (nSPS) is 9.95. The number of aryl methyl sites for hydroxylation is 1. The molecule has 96 valence electrons. The SMILES string of the molecule is CCN(c1ccccc1C)c1ccc(N)cc1C#N. The van der Waals surface area contributed by atoms with Crippen LogP contribution in [0.1, 0.15) is 18.1 Å². The largest absolute Gasteiger partial charge is 0.399 e. The van der Waals surface area contributed by atoms with E-state index in [0.29, 0.717) is 11.3 Å². The number of anilines is 3. The summed E-state index contributed by atoms with van der Waals surface area (Å²) in [6.45, 7) is 4.94. The highest BCUT2D eigenvalue weighted by atomic mass is 15.1. The second kappa shape index (κ2) is 5.45. The Labute approximate surface area is 113 Å². The summed E-state index contributed by atoms with van der Waals surface area (Å²) in [4.78, 5) is 2.13. The second-order valence-electron chi connectivity index (χ2n) is 4.42. The summed E-state index contributed by atoms with van der Waals surface area (Å²) < 4.78 is 0. The molecular weight excluding hydrogens is 234 g/mol. The Hall–Kier alpha value is -2.47. The molecule has 2 aromatic rings. The maximum atomic E-state index is 9.27. The molecule has 2 aromatic carbocycles. The first-order valence-corrected chi connectivity index (χ1v) is 6.30. The lowest BCUT2D eigenvalue weighted by molar-refractivity contribution is 1.01. The van der Waals surface area contributed by atoms with Gasteiger partial charge in [-0.1, -0.05) is 18.2 Å². The minimum atomic E-state index is 0.602. The summed E-state index contributed by atoms with van der Waals surface area (Å²) in [6.07, 6.45) is 0. The summed E-state index contributed by atoms with van der Waals surface area (Å²) in [7, 11) is 0. The topological polar surface area (TPSA) is 53.0 Å². The lowest BCUT2D eigenvalue weighted by Crippen LogP contribution is -2.18. The molecule has 0 aliphatic rings. The molecule has 3 heteroatoms. The second-order valence-corrected chi connectivity index (χ2v) is 4.42. The van der Waals surface area contributed by atoms with Crippen molar-refractivity contribution in [3.8, 4) is 6.07 Å². The van der Waals surface area contributed by atoms with Crippen molar-refractivity contribution in [1.29, 1.82) is 5.26 Å². The first-order chi connectivity index (χ1) is 9.17. The Morgan fingerprint density at radius 2 is 1.89 bits per heavy atom. The first-order valence-electron chi connectivity index (χ1n) is 6.30. The van der Waals surface area contributed by atoms with E-state index < -0.39 is 0 Å². The third kappa shape index (κ3) is 2.53. The number of hydrogen-bond acceptors (Lipinski definition) is 3. The van der Waals surface area contributed by atoms with Gasteiger partial charge in [-0.05, 0) is 43.7 Å². The Morgan fingerprint density at radius 3 is 2.53 bits per heavy atom. The molecule has 0 spiro atoms. The van der Waals surface area contributed by atoms with E-state index in [1.165, 1.54) is 5.56 Å². The average molecular weight is 251 g/mol.